The molecule has 0 saturated heterocycles. The zero-order valence-corrected chi connectivity index (χ0v) is 12.9. The summed E-state index contributed by atoms with van der Waals surface area (Å²) in [7, 11) is -3.89. The maximum Gasteiger partial charge on any atom is 0.242 e. The number of rotatable bonds is 4. The lowest BCUT2D eigenvalue weighted by Crippen LogP contribution is -2.27. The van der Waals surface area contributed by atoms with Crippen LogP contribution < -0.4 is 4.72 Å². The fourth-order valence-electron chi connectivity index (χ4n) is 1.70. The Morgan fingerprint density at radius 2 is 2.19 bits per heavy atom. The number of hydrogen-bond acceptors (Lipinski definition) is 5. The van der Waals surface area contributed by atoms with Crippen LogP contribution in [0.5, 0.6) is 0 Å². The van der Waals surface area contributed by atoms with Gasteiger partial charge >= 0.3 is 0 Å². The van der Waals surface area contributed by atoms with E-state index in [2.05, 4.69) is 9.71 Å². The second-order valence-corrected chi connectivity index (χ2v) is 6.50. The highest BCUT2D eigenvalue weighted by atomic mass is 35.5. The molecular weight excluding hydrogens is 314 g/mol. The van der Waals surface area contributed by atoms with Crippen molar-refractivity contribution in [3.05, 3.63) is 46.6 Å². The Labute approximate surface area is 127 Å². The minimum absolute atomic E-state index is 0.0392. The molecule has 21 heavy (non-hydrogen) atoms. The summed E-state index contributed by atoms with van der Waals surface area (Å²) >= 11 is 5.90. The molecule has 1 unspecified atom stereocenters. The molecule has 0 fully saturated rings. The molecule has 0 aliphatic rings. The maximum atomic E-state index is 12.3. The molecule has 0 saturated carbocycles. The van der Waals surface area contributed by atoms with Crippen LogP contribution in [0.1, 0.15) is 30.2 Å². The summed E-state index contributed by atoms with van der Waals surface area (Å²) < 4.78 is 32.4. The Bertz CT molecular complexity index is 808. The van der Waals surface area contributed by atoms with Crippen molar-refractivity contribution >= 4 is 21.6 Å². The molecule has 6 nitrogen and oxygen atoms in total. The van der Waals surface area contributed by atoms with Crippen molar-refractivity contribution in [3.63, 3.8) is 0 Å². The second kappa shape index (κ2) is 5.85. The first-order chi connectivity index (χ1) is 9.83. The molecule has 8 heteroatoms. The van der Waals surface area contributed by atoms with Crippen molar-refractivity contribution in [3.8, 4) is 6.07 Å². The summed E-state index contributed by atoms with van der Waals surface area (Å²) in [5.74, 6) is 0.837. The van der Waals surface area contributed by atoms with Crippen LogP contribution in [-0.2, 0) is 10.0 Å². The summed E-state index contributed by atoms with van der Waals surface area (Å²) in [5, 5.41) is 8.89. The largest absolute Gasteiger partial charge is 0.444 e. The number of sulfonamides is 1. The maximum absolute atomic E-state index is 12.3. The van der Waals surface area contributed by atoms with Crippen LogP contribution in [0.25, 0.3) is 0 Å². The standard InChI is InChI=1S/C13H12ClN3O3S/c1-8-7-16-13(20-8)9(2)17-21(18,19)12-5-10(6-15)3-4-11(12)14/h3-5,7,9,17H,1-2H3. The van der Waals surface area contributed by atoms with Gasteiger partial charge in [0.25, 0.3) is 0 Å². The number of hydrogen-bond donors (Lipinski definition) is 1. The van der Waals surface area contributed by atoms with E-state index in [1.54, 1.807) is 13.8 Å². The van der Waals surface area contributed by atoms with Gasteiger partial charge in [0.05, 0.1) is 28.9 Å². The third kappa shape index (κ3) is 3.42. The van der Waals surface area contributed by atoms with Crippen LogP contribution >= 0.6 is 11.6 Å². The Kier molecular flexibility index (Phi) is 4.32. The highest BCUT2D eigenvalue weighted by Crippen LogP contribution is 2.24. The Morgan fingerprint density at radius 3 is 2.76 bits per heavy atom. The molecule has 1 atom stereocenters. The number of nitriles is 1. The van der Waals surface area contributed by atoms with Crippen molar-refractivity contribution in [2.45, 2.75) is 24.8 Å². The summed E-state index contributed by atoms with van der Waals surface area (Å²) in [4.78, 5) is 3.82. The lowest BCUT2D eigenvalue weighted by atomic mass is 10.2. The van der Waals surface area contributed by atoms with Gasteiger partial charge in [0.1, 0.15) is 10.7 Å². The van der Waals surface area contributed by atoms with E-state index in [-0.39, 0.29) is 21.4 Å². The molecule has 1 aromatic carbocycles. The second-order valence-electron chi connectivity index (χ2n) is 4.41. The van der Waals surface area contributed by atoms with E-state index < -0.39 is 16.1 Å². The van der Waals surface area contributed by atoms with Gasteiger partial charge in [-0.3, -0.25) is 0 Å². The first kappa shape index (κ1) is 15.5. The summed E-state index contributed by atoms with van der Waals surface area (Å²) in [6.07, 6.45) is 1.50. The topological polar surface area (TPSA) is 96.0 Å². The van der Waals surface area contributed by atoms with E-state index >= 15 is 0 Å². The molecule has 0 bridgehead atoms. The highest BCUT2D eigenvalue weighted by molar-refractivity contribution is 7.89. The van der Waals surface area contributed by atoms with Crippen molar-refractivity contribution in [1.82, 2.24) is 9.71 Å². The summed E-state index contributed by atoms with van der Waals surface area (Å²) in [6.45, 7) is 3.32. The number of aromatic nitrogens is 1. The third-order valence-corrected chi connectivity index (χ3v) is 4.71. The van der Waals surface area contributed by atoms with Gasteiger partial charge in [0.2, 0.25) is 15.9 Å². The van der Waals surface area contributed by atoms with Gasteiger partial charge in [0.15, 0.2) is 0 Å². The van der Waals surface area contributed by atoms with Gasteiger partial charge in [-0.05, 0) is 32.0 Å². The number of nitrogens with one attached hydrogen (secondary N) is 1. The molecule has 1 aromatic heterocycles. The summed E-state index contributed by atoms with van der Waals surface area (Å²) in [6, 6.07) is 5.25. The number of aryl methyl sites for hydroxylation is 1. The van der Waals surface area contributed by atoms with Crippen LogP contribution in [0.15, 0.2) is 33.7 Å². The number of halogens is 1. The molecule has 110 valence electrons. The fourth-order valence-corrected chi connectivity index (χ4v) is 3.42. The Balaban J connectivity index is 2.33. The van der Waals surface area contributed by atoms with E-state index in [9.17, 15) is 8.42 Å². The Hall–Kier alpha value is -1.88. The van der Waals surface area contributed by atoms with Gasteiger partial charge < -0.3 is 4.42 Å². The minimum Gasteiger partial charge on any atom is -0.444 e. The quantitative estimate of drug-likeness (QED) is 0.931. The van der Waals surface area contributed by atoms with Crippen LogP contribution in [0.4, 0.5) is 0 Å². The van der Waals surface area contributed by atoms with Crippen LogP contribution in [0, 0.1) is 18.3 Å². The van der Waals surface area contributed by atoms with E-state index in [0.29, 0.717) is 5.76 Å². The van der Waals surface area contributed by atoms with Crippen LogP contribution in [0.2, 0.25) is 5.02 Å². The smallest absolute Gasteiger partial charge is 0.242 e. The molecular formula is C13H12ClN3O3S. The van der Waals surface area contributed by atoms with E-state index in [4.69, 9.17) is 21.3 Å². The first-order valence-electron chi connectivity index (χ1n) is 5.98. The third-order valence-electron chi connectivity index (χ3n) is 2.69. The lowest BCUT2D eigenvalue weighted by molar-refractivity contribution is 0.428. The van der Waals surface area contributed by atoms with Crippen LogP contribution in [0.3, 0.4) is 0 Å². The van der Waals surface area contributed by atoms with Crippen molar-refractivity contribution in [2.24, 2.45) is 0 Å². The van der Waals surface area contributed by atoms with E-state index in [1.807, 2.05) is 6.07 Å². The number of benzene rings is 1. The van der Waals surface area contributed by atoms with E-state index in [1.165, 1.54) is 24.4 Å². The van der Waals surface area contributed by atoms with Gasteiger partial charge in [0, 0.05) is 0 Å². The monoisotopic (exact) mass is 325 g/mol. The zero-order chi connectivity index (χ0) is 15.6. The molecule has 0 aliphatic carbocycles. The molecule has 0 radical (unpaired) electrons. The van der Waals surface area contributed by atoms with Crippen molar-refractivity contribution in [2.75, 3.05) is 0 Å². The summed E-state index contributed by atoms with van der Waals surface area (Å²) in [5.41, 5.74) is 0.208. The van der Waals surface area contributed by atoms with Gasteiger partial charge in [-0.25, -0.2) is 13.4 Å². The normalized spacial score (nSPS) is 12.9. The molecule has 0 aliphatic heterocycles. The van der Waals surface area contributed by atoms with Crippen molar-refractivity contribution in [1.29, 1.82) is 5.26 Å². The first-order valence-corrected chi connectivity index (χ1v) is 7.84. The van der Waals surface area contributed by atoms with Crippen molar-refractivity contribution < 1.29 is 12.8 Å². The highest BCUT2D eigenvalue weighted by Gasteiger charge is 2.23. The number of nitrogens with zero attached hydrogens (tertiary/aromatic N) is 2. The average molecular weight is 326 g/mol. The predicted octanol–water partition coefficient (Wildman–Crippen LogP) is 2.55. The molecule has 1 N–H and O–H groups in total. The SMILES string of the molecule is Cc1cnc(C(C)NS(=O)(=O)c2cc(C#N)ccc2Cl)o1. The molecule has 0 spiro atoms. The lowest BCUT2D eigenvalue weighted by Gasteiger charge is -2.12. The molecule has 0 amide bonds. The molecule has 1 heterocycles. The molecule has 2 aromatic rings. The average Bonchev–Trinajstić information content (AvgIpc) is 2.85. The number of oxazole rings is 1. The predicted molar refractivity (Wildman–Crippen MR) is 76.1 cm³/mol. The minimum atomic E-state index is -3.89. The molecule has 2 rings (SSSR count). The van der Waals surface area contributed by atoms with Crippen LogP contribution in [-0.4, -0.2) is 13.4 Å². The van der Waals surface area contributed by atoms with Gasteiger partial charge in [-0.15, -0.1) is 0 Å². The van der Waals surface area contributed by atoms with E-state index in [0.717, 1.165) is 0 Å². The zero-order valence-electron chi connectivity index (χ0n) is 11.3. The fraction of sp³-hybridized carbons (Fsp3) is 0.231. The van der Waals surface area contributed by atoms with Gasteiger partial charge in [-0.1, -0.05) is 11.6 Å². The Morgan fingerprint density at radius 1 is 1.48 bits per heavy atom. The van der Waals surface area contributed by atoms with Gasteiger partial charge in [-0.2, -0.15) is 9.98 Å².